The molecule has 31 heavy (non-hydrogen) atoms. The molecule has 0 aromatic heterocycles. The molecule has 5 nitrogen and oxygen atoms in total. The summed E-state index contributed by atoms with van der Waals surface area (Å²) in [5, 5.41) is 3.47. The lowest BCUT2D eigenvalue weighted by atomic mass is 9.70. The average molecular weight is 450 g/mol. The average Bonchev–Trinajstić information content (AvgIpc) is 3.05. The summed E-state index contributed by atoms with van der Waals surface area (Å²) < 4.78 is 39.6. The van der Waals surface area contributed by atoms with Gasteiger partial charge in [-0.1, -0.05) is 41.9 Å². The quantitative estimate of drug-likeness (QED) is 0.587. The molecule has 0 saturated heterocycles. The zero-order valence-corrected chi connectivity index (χ0v) is 17.8. The van der Waals surface area contributed by atoms with Crippen LogP contribution in [0.4, 0.5) is 14.5 Å². The topological polar surface area (TPSA) is 64.6 Å². The number of benzene rings is 2. The number of ketones is 1. The zero-order valence-electron chi connectivity index (χ0n) is 17.0. The summed E-state index contributed by atoms with van der Waals surface area (Å²) in [5.41, 5.74) is -0.968. The van der Waals surface area contributed by atoms with E-state index in [2.05, 4.69) is 10.1 Å². The highest BCUT2D eigenvalue weighted by Gasteiger charge is 2.57. The van der Waals surface area contributed by atoms with Gasteiger partial charge in [-0.05, 0) is 42.8 Å². The predicted molar refractivity (Wildman–Crippen MR) is 114 cm³/mol. The van der Waals surface area contributed by atoms with Crippen LogP contribution in [0.15, 0.2) is 60.7 Å². The number of halogens is 3. The van der Waals surface area contributed by atoms with E-state index in [1.807, 2.05) is 0 Å². The Kier molecular flexibility index (Phi) is 6.65. The van der Waals surface area contributed by atoms with E-state index in [1.165, 1.54) is 26.2 Å². The first-order chi connectivity index (χ1) is 14.7. The van der Waals surface area contributed by atoms with Crippen molar-refractivity contribution >= 4 is 29.0 Å². The van der Waals surface area contributed by atoms with Crippen LogP contribution in [0.1, 0.15) is 18.9 Å². The van der Waals surface area contributed by atoms with Gasteiger partial charge in [-0.15, -0.1) is 0 Å². The minimum Gasteiger partial charge on any atom is -0.497 e. The van der Waals surface area contributed by atoms with E-state index < -0.39 is 35.6 Å². The molecule has 1 N–H and O–H groups in total. The number of carbonyl (C=O) groups is 2. The first-order valence-corrected chi connectivity index (χ1v) is 10.1. The SMILES string of the molecule is CCOC(=O)C(F)(F)C[C@]1(c2ccc(OC)cc2)C(=O)C=C[C@H]1Nc1ccccc1Cl. The maximum Gasteiger partial charge on any atom is 0.377 e. The van der Waals surface area contributed by atoms with Crippen molar-refractivity contribution in [3.8, 4) is 5.75 Å². The Morgan fingerprint density at radius 1 is 1.19 bits per heavy atom. The Morgan fingerprint density at radius 2 is 1.87 bits per heavy atom. The van der Waals surface area contributed by atoms with E-state index in [-0.39, 0.29) is 6.61 Å². The van der Waals surface area contributed by atoms with Crippen molar-refractivity contribution < 1.29 is 27.8 Å². The Bertz CT molecular complexity index is 993. The van der Waals surface area contributed by atoms with E-state index in [1.54, 1.807) is 48.5 Å². The summed E-state index contributed by atoms with van der Waals surface area (Å²) >= 11 is 6.23. The number of hydrogen-bond donors (Lipinski definition) is 1. The Morgan fingerprint density at radius 3 is 2.48 bits per heavy atom. The van der Waals surface area contributed by atoms with Gasteiger partial charge < -0.3 is 14.8 Å². The monoisotopic (exact) mass is 449 g/mol. The van der Waals surface area contributed by atoms with Gasteiger partial charge in [0.05, 0.1) is 35.9 Å². The van der Waals surface area contributed by atoms with Gasteiger partial charge in [0.2, 0.25) is 0 Å². The Labute approximate surface area is 184 Å². The van der Waals surface area contributed by atoms with Crippen LogP contribution in [0.25, 0.3) is 0 Å². The van der Waals surface area contributed by atoms with Crippen molar-refractivity contribution in [2.24, 2.45) is 0 Å². The van der Waals surface area contributed by atoms with Crippen LogP contribution < -0.4 is 10.1 Å². The Balaban J connectivity index is 2.09. The molecule has 0 unspecified atom stereocenters. The van der Waals surface area contributed by atoms with Gasteiger partial charge in [0.15, 0.2) is 5.78 Å². The maximum absolute atomic E-state index is 15.0. The first-order valence-electron chi connectivity index (χ1n) is 9.68. The van der Waals surface area contributed by atoms with Crippen LogP contribution in [-0.2, 0) is 19.7 Å². The molecule has 3 rings (SSSR count). The molecule has 164 valence electrons. The fraction of sp³-hybridized carbons (Fsp3) is 0.304. The molecule has 8 heteroatoms. The number of rotatable bonds is 8. The van der Waals surface area contributed by atoms with Crippen molar-refractivity contribution in [1.29, 1.82) is 0 Å². The molecule has 2 atom stereocenters. The van der Waals surface area contributed by atoms with Crippen LogP contribution in [0.5, 0.6) is 5.75 Å². The number of alkyl halides is 2. The number of ether oxygens (including phenoxy) is 2. The molecule has 0 aliphatic heterocycles. The second-order valence-corrected chi connectivity index (χ2v) is 7.53. The van der Waals surface area contributed by atoms with E-state index in [9.17, 15) is 18.4 Å². The third-order valence-electron chi connectivity index (χ3n) is 5.28. The van der Waals surface area contributed by atoms with Crippen LogP contribution in [0.2, 0.25) is 5.02 Å². The number of esters is 1. The van der Waals surface area contributed by atoms with Gasteiger partial charge in [-0.25, -0.2) is 4.79 Å². The van der Waals surface area contributed by atoms with Gasteiger partial charge in [0, 0.05) is 6.42 Å². The van der Waals surface area contributed by atoms with Crippen LogP contribution in [0, 0.1) is 0 Å². The lowest BCUT2D eigenvalue weighted by molar-refractivity contribution is -0.174. The summed E-state index contributed by atoms with van der Waals surface area (Å²) in [6.07, 6.45) is 1.69. The number of para-hydroxylation sites is 1. The highest BCUT2D eigenvalue weighted by atomic mass is 35.5. The highest BCUT2D eigenvalue weighted by Crippen LogP contribution is 2.45. The number of anilines is 1. The van der Waals surface area contributed by atoms with Crippen molar-refractivity contribution in [3.63, 3.8) is 0 Å². The highest BCUT2D eigenvalue weighted by molar-refractivity contribution is 6.33. The molecule has 0 amide bonds. The summed E-state index contributed by atoms with van der Waals surface area (Å²) in [6, 6.07) is 12.2. The summed E-state index contributed by atoms with van der Waals surface area (Å²) in [7, 11) is 1.48. The second-order valence-electron chi connectivity index (χ2n) is 7.13. The van der Waals surface area contributed by atoms with Crippen molar-refractivity contribution in [2.75, 3.05) is 19.0 Å². The number of nitrogens with one attached hydrogen (secondary N) is 1. The van der Waals surface area contributed by atoms with Gasteiger partial charge in [-0.3, -0.25) is 4.79 Å². The number of allylic oxidation sites excluding steroid dienone is 1. The van der Waals surface area contributed by atoms with E-state index in [0.29, 0.717) is 22.0 Å². The fourth-order valence-electron chi connectivity index (χ4n) is 3.74. The van der Waals surface area contributed by atoms with Crippen molar-refractivity contribution in [1.82, 2.24) is 0 Å². The zero-order chi connectivity index (χ0) is 22.6. The molecule has 0 bridgehead atoms. The maximum atomic E-state index is 15.0. The lowest BCUT2D eigenvalue weighted by Crippen LogP contribution is -2.51. The molecule has 0 spiro atoms. The van der Waals surface area contributed by atoms with Crippen LogP contribution >= 0.6 is 11.6 Å². The third-order valence-corrected chi connectivity index (χ3v) is 5.61. The van der Waals surface area contributed by atoms with Gasteiger partial charge >= 0.3 is 11.9 Å². The van der Waals surface area contributed by atoms with E-state index >= 15 is 0 Å². The molecule has 0 fully saturated rings. The summed E-state index contributed by atoms with van der Waals surface area (Å²) in [5.74, 6) is -5.60. The standard InChI is InChI=1S/C23H22ClF2NO4/c1-3-31-21(29)23(25,26)14-22(15-8-10-16(30-2)11-9-15)19(12-13-20(22)28)27-18-7-5-4-6-17(18)24/h4-13,19,27H,3,14H2,1-2H3/t19-,22-/m1/s1. The third kappa shape index (κ3) is 4.42. The largest absolute Gasteiger partial charge is 0.497 e. The van der Waals surface area contributed by atoms with Gasteiger partial charge in [-0.2, -0.15) is 8.78 Å². The molecule has 2 aromatic carbocycles. The minimum atomic E-state index is -3.89. The molecule has 0 heterocycles. The number of hydrogen-bond acceptors (Lipinski definition) is 5. The predicted octanol–water partition coefficient (Wildman–Crippen LogP) is 4.79. The Hall–Kier alpha value is -2.93. The van der Waals surface area contributed by atoms with Crippen LogP contribution in [-0.4, -0.2) is 37.4 Å². The van der Waals surface area contributed by atoms with E-state index in [0.717, 1.165) is 0 Å². The molecule has 1 aliphatic rings. The van der Waals surface area contributed by atoms with Crippen molar-refractivity contribution in [3.05, 3.63) is 71.3 Å². The molecule has 0 radical (unpaired) electrons. The normalized spacial score (nSPS) is 20.5. The van der Waals surface area contributed by atoms with Gasteiger partial charge in [0.1, 0.15) is 5.75 Å². The first kappa shape index (κ1) is 22.7. The second kappa shape index (κ2) is 9.06. The molecule has 1 aliphatic carbocycles. The molecular weight excluding hydrogens is 428 g/mol. The van der Waals surface area contributed by atoms with Crippen molar-refractivity contribution in [2.45, 2.75) is 30.7 Å². The molecule has 2 aromatic rings. The lowest BCUT2D eigenvalue weighted by Gasteiger charge is -2.37. The number of methoxy groups -OCH3 is 1. The fourth-order valence-corrected chi connectivity index (χ4v) is 3.93. The molecule has 0 saturated carbocycles. The van der Waals surface area contributed by atoms with E-state index in [4.69, 9.17) is 16.3 Å². The summed E-state index contributed by atoms with van der Waals surface area (Å²) in [4.78, 5) is 25.1. The summed E-state index contributed by atoms with van der Waals surface area (Å²) in [6.45, 7) is 1.24. The van der Waals surface area contributed by atoms with Crippen LogP contribution in [0.3, 0.4) is 0 Å². The van der Waals surface area contributed by atoms with Gasteiger partial charge in [0.25, 0.3) is 0 Å². The smallest absolute Gasteiger partial charge is 0.377 e. The number of carbonyl (C=O) groups excluding carboxylic acids is 2. The minimum absolute atomic E-state index is 0.197. The molecular formula is C23H22ClF2NO4.